The number of hydrogen-bond acceptors (Lipinski definition) is 4. The molecule has 6 nitrogen and oxygen atoms in total. The normalized spacial score (nSPS) is 15.4. The highest BCUT2D eigenvalue weighted by atomic mass is 16.6. The number of benzene rings is 1. The lowest BCUT2D eigenvalue weighted by molar-refractivity contribution is 0.0743. The van der Waals surface area contributed by atoms with Crippen LogP contribution in [0.5, 0.6) is 5.75 Å². The number of phenolic OH excluding ortho intramolecular Hbond substituents is 1. The average molecular weight is 320 g/mol. The number of hydrogen-bond donors (Lipinski definition) is 1. The van der Waals surface area contributed by atoms with Gasteiger partial charge in [-0.15, -0.1) is 0 Å². The van der Waals surface area contributed by atoms with Crippen LogP contribution in [0.1, 0.15) is 30.6 Å². The smallest absolute Gasteiger partial charge is 0.409 e. The second kappa shape index (κ2) is 7.85. The fourth-order valence-corrected chi connectivity index (χ4v) is 2.46. The lowest BCUT2D eigenvalue weighted by Crippen LogP contribution is -2.38. The van der Waals surface area contributed by atoms with Gasteiger partial charge in [-0.1, -0.05) is 26.0 Å². The molecular formula is C17H24N2O4. The second-order valence-electron chi connectivity index (χ2n) is 6.12. The van der Waals surface area contributed by atoms with Crippen molar-refractivity contribution >= 4 is 12.0 Å². The minimum absolute atomic E-state index is 0.0186. The quantitative estimate of drug-likeness (QED) is 0.928. The molecule has 0 aliphatic carbocycles. The Balaban J connectivity index is 1.94. The van der Waals surface area contributed by atoms with Crippen molar-refractivity contribution in [3.05, 3.63) is 29.8 Å². The zero-order valence-corrected chi connectivity index (χ0v) is 13.7. The van der Waals surface area contributed by atoms with Gasteiger partial charge in [-0.2, -0.15) is 0 Å². The Bertz CT molecular complexity index is 559. The van der Waals surface area contributed by atoms with Gasteiger partial charge in [-0.05, 0) is 24.5 Å². The summed E-state index contributed by atoms with van der Waals surface area (Å²) in [6, 6.07) is 6.51. The fourth-order valence-electron chi connectivity index (χ4n) is 2.46. The first-order chi connectivity index (χ1) is 11.0. The van der Waals surface area contributed by atoms with Gasteiger partial charge in [0.25, 0.3) is 5.91 Å². The summed E-state index contributed by atoms with van der Waals surface area (Å²) in [5.41, 5.74) is 0.295. The molecule has 1 aliphatic heterocycles. The number of rotatable bonds is 3. The van der Waals surface area contributed by atoms with Gasteiger partial charge >= 0.3 is 6.09 Å². The molecule has 1 heterocycles. The predicted octanol–water partition coefficient (Wildman–Crippen LogP) is 2.33. The van der Waals surface area contributed by atoms with Crippen LogP contribution in [-0.2, 0) is 4.74 Å². The lowest BCUT2D eigenvalue weighted by atomic mass is 10.1. The summed E-state index contributed by atoms with van der Waals surface area (Å²) in [6.45, 7) is 6.38. The van der Waals surface area contributed by atoms with Crippen molar-refractivity contribution in [3.8, 4) is 5.75 Å². The van der Waals surface area contributed by atoms with Crippen LogP contribution in [0.2, 0.25) is 0 Å². The Hall–Kier alpha value is -2.24. The second-order valence-corrected chi connectivity index (χ2v) is 6.12. The molecule has 0 unspecified atom stereocenters. The summed E-state index contributed by atoms with van der Waals surface area (Å²) in [7, 11) is 0. The molecule has 1 aromatic rings. The fraction of sp³-hybridized carbons (Fsp3) is 0.529. The number of phenols is 1. The van der Waals surface area contributed by atoms with Crippen molar-refractivity contribution in [3.63, 3.8) is 0 Å². The SMILES string of the molecule is CC(C)COC(=O)N1CCCN(C(=O)c2ccccc2O)CC1. The van der Waals surface area contributed by atoms with Gasteiger partial charge in [0.15, 0.2) is 0 Å². The molecule has 0 radical (unpaired) electrons. The van der Waals surface area contributed by atoms with E-state index < -0.39 is 0 Å². The number of nitrogens with zero attached hydrogens (tertiary/aromatic N) is 2. The number of aromatic hydroxyl groups is 1. The number of carbonyl (C=O) groups is 2. The van der Waals surface area contributed by atoms with E-state index in [1.807, 2.05) is 13.8 Å². The van der Waals surface area contributed by atoms with Crippen LogP contribution in [0.3, 0.4) is 0 Å². The standard InChI is InChI=1S/C17H24N2O4/c1-13(2)12-23-17(22)19-9-5-8-18(10-11-19)16(21)14-6-3-4-7-15(14)20/h3-4,6-7,13,20H,5,8-12H2,1-2H3. The third-order valence-electron chi connectivity index (χ3n) is 3.72. The monoisotopic (exact) mass is 320 g/mol. The van der Waals surface area contributed by atoms with Gasteiger partial charge in [0.05, 0.1) is 12.2 Å². The Morgan fingerprint density at radius 3 is 2.48 bits per heavy atom. The Morgan fingerprint density at radius 1 is 1.13 bits per heavy atom. The molecule has 2 amide bonds. The Morgan fingerprint density at radius 2 is 1.78 bits per heavy atom. The largest absolute Gasteiger partial charge is 0.507 e. The topological polar surface area (TPSA) is 70.1 Å². The summed E-state index contributed by atoms with van der Waals surface area (Å²) in [5, 5.41) is 9.81. The van der Waals surface area contributed by atoms with Crippen molar-refractivity contribution in [1.29, 1.82) is 0 Å². The molecule has 6 heteroatoms. The summed E-state index contributed by atoms with van der Waals surface area (Å²) in [6.07, 6.45) is 0.367. The average Bonchev–Trinajstić information content (AvgIpc) is 2.78. The van der Waals surface area contributed by atoms with E-state index in [-0.39, 0.29) is 17.7 Å². The van der Waals surface area contributed by atoms with Crippen LogP contribution in [-0.4, -0.2) is 59.7 Å². The number of ether oxygens (including phenoxy) is 1. The molecule has 1 fully saturated rings. The van der Waals surface area contributed by atoms with Crippen molar-refractivity contribution in [2.24, 2.45) is 5.92 Å². The number of carbonyl (C=O) groups excluding carboxylic acids is 2. The van der Waals surface area contributed by atoms with Gasteiger partial charge in [0, 0.05) is 26.2 Å². The third-order valence-corrected chi connectivity index (χ3v) is 3.72. The molecule has 2 rings (SSSR count). The van der Waals surface area contributed by atoms with Crippen LogP contribution >= 0.6 is 0 Å². The van der Waals surface area contributed by atoms with E-state index in [1.165, 1.54) is 6.07 Å². The molecule has 0 aromatic heterocycles. The summed E-state index contributed by atoms with van der Waals surface area (Å²) in [4.78, 5) is 27.8. The molecule has 0 spiro atoms. The van der Waals surface area contributed by atoms with E-state index in [1.54, 1.807) is 28.0 Å². The van der Waals surface area contributed by atoms with Gasteiger partial charge in [0.2, 0.25) is 0 Å². The lowest BCUT2D eigenvalue weighted by Gasteiger charge is -2.22. The minimum Gasteiger partial charge on any atom is -0.507 e. The molecule has 1 N–H and O–H groups in total. The van der Waals surface area contributed by atoms with Gasteiger partial charge in [-0.3, -0.25) is 4.79 Å². The van der Waals surface area contributed by atoms with Crippen molar-refractivity contribution in [2.75, 3.05) is 32.8 Å². The van der Waals surface area contributed by atoms with E-state index in [0.29, 0.717) is 50.7 Å². The van der Waals surface area contributed by atoms with E-state index in [0.717, 1.165) is 0 Å². The van der Waals surface area contributed by atoms with Gasteiger partial charge in [-0.25, -0.2) is 4.79 Å². The van der Waals surface area contributed by atoms with Crippen molar-refractivity contribution in [2.45, 2.75) is 20.3 Å². The van der Waals surface area contributed by atoms with Gasteiger partial charge < -0.3 is 19.6 Å². The Kier molecular flexibility index (Phi) is 5.84. The van der Waals surface area contributed by atoms with Crippen LogP contribution in [0, 0.1) is 5.92 Å². The van der Waals surface area contributed by atoms with Gasteiger partial charge in [0.1, 0.15) is 5.75 Å². The first kappa shape index (κ1) is 17.1. The number of para-hydroxylation sites is 1. The highest BCUT2D eigenvalue weighted by Crippen LogP contribution is 2.19. The molecule has 0 saturated carbocycles. The molecule has 1 aromatic carbocycles. The van der Waals surface area contributed by atoms with Crippen molar-refractivity contribution in [1.82, 2.24) is 9.80 Å². The van der Waals surface area contributed by atoms with E-state index >= 15 is 0 Å². The highest BCUT2D eigenvalue weighted by Gasteiger charge is 2.24. The Labute approximate surface area is 136 Å². The predicted molar refractivity (Wildman–Crippen MR) is 86.4 cm³/mol. The van der Waals surface area contributed by atoms with Crippen LogP contribution < -0.4 is 0 Å². The zero-order valence-electron chi connectivity index (χ0n) is 13.7. The van der Waals surface area contributed by atoms with Crippen LogP contribution in [0.15, 0.2) is 24.3 Å². The first-order valence-corrected chi connectivity index (χ1v) is 7.98. The maximum absolute atomic E-state index is 12.5. The molecule has 0 bridgehead atoms. The zero-order chi connectivity index (χ0) is 16.8. The third kappa shape index (κ3) is 4.61. The minimum atomic E-state index is -0.324. The first-order valence-electron chi connectivity index (χ1n) is 7.98. The molecule has 1 saturated heterocycles. The summed E-state index contributed by atoms with van der Waals surface area (Å²) in [5.74, 6) is 0.0699. The molecule has 1 aliphatic rings. The highest BCUT2D eigenvalue weighted by molar-refractivity contribution is 5.96. The van der Waals surface area contributed by atoms with E-state index in [9.17, 15) is 14.7 Å². The van der Waals surface area contributed by atoms with Crippen LogP contribution in [0.25, 0.3) is 0 Å². The molecule has 23 heavy (non-hydrogen) atoms. The molecule has 126 valence electrons. The van der Waals surface area contributed by atoms with E-state index in [4.69, 9.17) is 4.74 Å². The molecule has 0 atom stereocenters. The maximum atomic E-state index is 12.5. The summed E-state index contributed by atoms with van der Waals surface area (Å²) >= 11 is 0. The maximum Gasteiger partial charge on any atom is 0.409 e. The summed E-state index contributed by atoms with van der Waals surface area (Å²) < 4.78 is 5.24. The van der Waals surface area contributed by atoms with Crippen molar-refractivity contribution < 1.29 is 19.4 Å². The van der Waals surface area contributed by atoms with Crippen LogP contribution in [0.4, 0.5) is 4.79 Å². The molecular weight excluding hydrogens is 296 g/mol. The van der Waals surface area contributed by atoms with E-state index in [2.05, 4.69) is 0 Å². The number of amides is 2.